The van der Waals surface area contributed by atoms with E-state index in [1.165, 1.54) is 10.4 Å². The molecule has 1 atom stereocenters. The van der Waals surface area contributed by atoms with Gasteiger partial charge in [-0.05, 0) is 49.7 Å². The molecule has 1 fully saturated rings. The van der Waals surface area contributed by atoms with E-state index in [1.54, 1.807) is 11.3 Å². The molecule has 0 saturated carbocycles. The molecule has 3 nitrogen and oxygen atoms in total. The summed E-state index contributed by atoms with van der Waals surface area (Å²) in [5, 5.41) is 8.42. The van der Waals surface area contributed by atoms with Gasteiger partial charge in [-0.25, -0.2) is 0 Å². The maximum absolute atomic E-state index is 11.9. The van der Waals surface area contributed by atoms with Gasteiger partial charge in [0.05, 0.1) is 5.92 Å². The van der Waals surface area contributed by atoms with E-state index in [0.717, 1.165) is 38.9 Å². The first-order valence-corrected chi connectivity index (χ1v) is 7.16. The fourth-order valence-corrected chi connectivity index (χ4v) is 3.09. The standard InChI is InChI=1S/C13H20N2OS/c1-10-5-8-17-12(10)4-7-15-13(16)11-3-2-6-14-9-11/h5,8,11,14H,2-4,6-7,9H2,1H3,(H,15,16). The van der Waals surface area contributed by atoms with Crippen molar-refractivity contribution in [3.63, 3.8) is 0 Å². The number of nitrogens with one attached hydrogen (secondary N) is 2. The lowest BCUT2D eigenvalue weighted by Crippen LogP contribution is -2.41. The molecule has 0 aliphatic carbocycles. The Hall–Kier alpha value is -0.870. The van der Waals surface area contributed by atoms with E-state index in [9.17, 15) is 4.79 Å². The molecule has 1 aromatic heterocycles. The van der Waals surface area contributed by atoms with Crippen LogP contribution in [0.15, 0.2) is 11.4 Å². The van der Waals surface area contributed by atoms with Crippen LogP contribution in [0.4, 0.5) is 0 Å². The Bertz CT molecular complexity index is 369. The lowest BCUT2D eigenvalue weighted by Gasteiger charge is -2.21. The average molecular weight is 252 g/mol. The zero-order valence-corrected chi connectivity index (χ0v) is 11.1. The van der Waals surface area contributed by atoms with Gasteiger partial charge in [0.15, 0.2) is 0 Å². The van der Waals surface area contributed by atoms with Gasteiger partial charge < -0.3 is 10.6 Å². The summed E-state index contributed by atoms with van der Waals surface area (Å²) in [7, 11) is 0. The number of rotatable bonds is 4. The average Bonchev–Trinajstić information content (AvgIpc) is 2.76. The molecule has 2 heterocycles. The minimum atomic E-state index is 0.174. The quantitative estimate of drug-likeness (QED) is 0.856. The predicted molar refractivity (Wildman–Crippen MR) is 71.4 cm³/mol. The van der Waals surface area contributed by atoms with Crippen molar-refractivity contribution >= 4 is 17.2 Å². The second-order valence-corrected chi connectivity index (χ2v) is 5.61. The zero-order valence-electron chi connectivity index (χ0n) is 10.3. The van der Waals surface area contributed by atoms with E-state index >= 15 is 0 Å². The summed E-state index contributed by atoms with van der Waals surface area (Å²) in [6.45, 7) is 4.78. The number of carbonyl (C=O) groups is 1. The molecule has 4 heteroatoms. The Kier molecular flexibility index (Phi) is 4.57. The normalized spacial score (nSPS) is 20.2. The minimum Gasteiger partial charge on any atom is -0.355 e. The fraction of sp³-hybridized carbons (Fsp3) is 0.615. The Morgan fingerprint density at radius 1 is 1.65 bits per heavy atom. The van der Waals surface area contributed by atoms with Crippen molar-refractivity contribution < 1.29 is 4.79 Å². The highest BCUT2D eigenvalue weighted by atomic mass is 32.1. The first-order chi connectivity index (χ1) is 8.27. The molecular formula is C13H20N2OS. The van der Waals surface area contributed by atoms with Gasteiger partial charge in [0.25, 0.3) is 0 Å². The summed E-state index contributed by atoms with van der Waals surface area (Å²) < 4.78 is 0. The van der Waals surface area contributed by atoms with Crippen LogP contribution >= 0.6 is 11.3 Å². The van der Waals surface area contributed by atoms with Crippen LogP contribution in [0.1, 0.15) is 23.3 Å². The van der Waals surface area contributed by atoms with Crippen molar-refractivity contribution in [2.45, 2.75) is 26.2 Å². The number of piperidine rings is 1. The molecule has 2 rings (SSSR count). The van der Waals surface area contributed by atoms with Crippen molar-refractivity contribution in [3.8, 4) is 0 Å². The largest absolute Gasteiger partial charge is 0.355 e. The van der Waals surface area contributed by atoms with E-state index in [-0.39, 0.29) is 11.8 Å². The Morgan fingerprint density at radius 3 is 3.18 bits per heavy atom. The number of carbonyl (C=O) groups excluding carboxylic acids is 1. The highest BCUT2D eigenvalue weighted by Gasteiger charge is 2.20. The second kappa shape index (κ2) is 6.17. The molecule has 0 spiro atoms. The van der Waals surface area contributed by atoms with Crippen LogP contribution in [-0.2, 0) is 11.2 Å². The molecule has 1 aliphatic heterocycles. The van der Waals surface area contributed by atoms with Gasteiger partial charge >= 0.3 is 0 Å². The van der Waals surface area contributed by atoms with E-state index in [1.807, 2.05) is 0 Å². The molecule has 0 aromatic carbocycles. The van der Waals surface area contributed by atoms with Crippen LogP contribution in [0.2, 0.25) is 0 Å². The van der Waals surface area contributed by atoms with Crippen molar-refractivity contribution in [2.75, 3.05) is 19.6 Å². The van der Waals surface area contributed by atoms with Crippen LogP contribution in [0.25, 0.3) is 0 Å². The highest BCUT2D eigenvalue weighted by molar-refractivity contribution is 7.10. The van der Waals surface area contributed by atoms with E-state index in [2.05, 4.69) is 29.0 Å². The van der Waals surface area contributed by atoms with Gasteiger partial charge in [-0.1, -0.05) is 0 Å². The molecule has 94 valence electrons. The lowest BCUT2D eigenvalue weighted by molar-refractivity contribution is -0.125. The van der Waals surface area contributed by atoms with Crippen LogP contribution in [0.5, 0.6) is 0 Å². The minimum absolute atomic E-state index is 0.174. The summed E-state index contributed by atoms with van der Waals surface area (Å²) in [5.41, 5.74) is 1.34. The molecule has 1 aliphatic rings. The van der Waals surface area contributed by atoms with Gasteiger partial charge in [0.1, 0.15) is 0 Å². The summed E-state index contributed by atoms with van der Waals surface area (Å²) in [4.78, 5) is 13.2. The molecule has 2 N–H and O–H groups in total. The third-order valence-corrected chi connectivity index (χ3v) is 4.37. The van der Waals surface area contributed by atoms with Gasteiger partial charge in [-0.3, -0.25) is 4.79 Å². The number of amides is 1. The second-order valence-electron chi connectivity index (χ2n) is 4.61. The Morgan fingerprint density at radius 2 is 2.53 bits per heavy atom. The monoisotopic (exact) mass is 252 g/mol. The number of hydrogen-bond donors (Lipinski definition) is 2. The Balaban J connectivity index is 1.71. The summed E-state index contributed by atoms with van der Waals surface area (Å²) in [6, 6.07) is 2.13. The van der Waals surface area contributed by atoms with Crippen molar-refractivity contribution in [3.05, 3.63) is 21.9 Å². The summed E-state index contributed by atoms with van der Waals surface area (Å²) in [5.74, 6) is 0.389. The molecule has 1 unspecified atom stereocenters. The number of aryl methyl sites for hydroxylation is 1. The lowest BCUT2D eigenvalue weighted by atomic mass is 9.99. The molecule has 1 aromatic rings. The van der Waals surface area contributed by atoms with Gasteiger partial charge in [-0.2, -0.15) is 0 Å². The van der Waals surface area contributed by atoms with Crippen LogP contribution in [-0.4, -0.2) is 25.5 Å². The molecule has 1 amide bonds. The van der Waals surface area contributed by atoms with Crippen LogP contribution < -0.4 is 10.6 Å². The van der Waals surface area contributed by atoms with Crippen LogP contribution in [0.3, 0.4) is 0 Å². The number of hydrogen-bond acceptors (Lipinski definition) is 3. The van der Waals surface area contributed by atoms with Gasteiger partial charge in [-0.15, -0.1) is 11.3 Å². The fourth-order valence-electron chi connectivity index (χ4n) is 2.18. The molecular weight excluding hydrogens is 232 g/mol. The summed E-state index contributed by atoms with van der Waals surface area (Å²) >= 11 is 1.77. The van der Waals surface area contributed by atoms with E-state index in [0.29, 0.717) is 0 Å². The molecule has 0 bridgehead atoms. The number of thiophene rings is 1. The zero-order chi connectivity index (χ0) is 12.1. The van der Waals surface area contributed by atoms with Crippen molar-refractivity contribution in [2.24, 2.45) is 5.92 Å². The summed E-state index contributed by atoms with van der Waals surface area (Å²) in [6.07, 6.45) is 3.09. The molecule has 1 saturated heterocycles. The smallest absolute Gasteiger partial charge is 0.224 e. The van der Waals surface area contributed by atoms with Gasteiger partial charge in [0.2, 0.25) is 5.91 Å². The topological polar surface area (TPSA) is 41.1 Å². The Labute approximate surface area is 107 Å². The highest BCUT2D eigenvalue weighted by Crippen LogP contribution is 2.15. The maximum atomic E-state index is 11.9. The van der Waals surface area contributed by atoms with E-state index < -0.39 is 0 Å². The van der Waals surface area contributed by atoms with E-state index in [4.69, 9.17) is 0 Å². The molecule has 0 radical (unpaired) electrons. The first-order valence-electron chi connectivity index (χ1n) is 6.29. The van der Waals surface area contributed by atoms with Crippen molar-refractivity contribution in [1.29, 1.82) is 0 Å². The third-order valence-electron chi connectivity index (χ3n) is 3.29. The van der Waals surface area contributed by atoms with Crippen molar-refractivity contribution in [1.82, 2.24) is 10.6 Å². The molecule has 17 heavy (non-hydrogen) atoms. The van der Waals surface area contributed by atoms with Gasteiger partial charge in [0, 0.05) is 18.0 Å². The first kappa shape index (κ1) is 12.6. The maximum Gasteiger partial charge on any atom is 0.224 e. The van der Waals surface area contributed by atoms with Crippen LogP contribution in [0, 0.1) is 12.8 Å². The predicted octanol–water partition coefficient (Wildman–Crippen LogP) is 1.71. The SMILES string of the molecule is Cc1ccsc1CCNC(=O)C1CCCNC1. The third kappa shape index (κ3) is 3.54.